The molecule has 0 saturated heterocycles. The standard InChI is InChI=1S/C32H39Cl2N3O6S/c1-8-27(31(39)35-32(3,4)5)36(19-22-11-15-25(33)26(34)17-22)30(38)20-37(23-12-9-21(2)10-13-23)44(40,41)24-14-16-28(42-6)29(18-24)43-7/h9-18,27H,8,19-20H2,1-7H3,(H,35,39). The van der Waals surface area contributed by atoms with E-state index in [4.69, 9.17) is 32.7 Å². The number of nitrogens with zero attached hydrogens (tertiary/aromatic N) is 2. The van der Waals surface area contributed by atoms with Crippen LogP contribution in [0.5, 0.6) is 11.5 Å². The Morgan fingerprint density at radius 1 is 0.909 bits per heavy atom. The molecule has 0 fully saturated rings. The van der Waals surface area contributed by atoms with Gasteiger partial charge in [-0.1, -0.05) is 53.9 Å². The van der Waals surface area contributed by atoms with Gasteiger partial charge < -0.3 is 19.7 Å². The van der Waals surface area contributed by atoms with Crippen LogP contribution in [0.15, 0.2) is 65.6 Å². The van der Waals surface area contributed by atoms with Crippen molar-refractivity contribution in [1.29, 1.82) is 0 Å². The van der Waals surface area contributed by atoms with Crippen molar-refractivity contribution in [2.45, 2.75) is 64.1 Å². The fourth-order valence-electron chi connectivity index (χ4n) is 4.55. The normalized spacial score (nSPS) is 12.3. The zero-order valence-corrected chi connectivity index (χ0v) is 28.3. The summed E-state index contributed by atoms with van der Waals surface area (Å²) in [6.07, 6.45) is 0.280. The zero-order valence-electron chi connectivity index (χ0n) is 26.0. The van der Waals surface area contributed by atoms with Gasteiger partial charge in [0.2, 0.25) is 11.8 Å². The van der Waals surface area contributed by atoms with Crippen LogP contribution >= 0.6 is 23.2 Å². The van der Waals surface area contributed by atoms with Gasteiger partial charge in [-0.25, -0.2) is 8.42 Å². The van der Waals surface area contributed by atoms with Gasteiger partial charge in [-0.3, -0.25) is 13.9 Å². The summed E-state index contributed by atoms with van der Waals surface area (Å²) in [6, 6.07) is 15.0. The molecule has 0 aromatic heterocycles. The summed E-state index contributed by atoms with van der Waals surface area (Å²) in [5, 5.41) is 3.58. The van der Waals surface area contributed by atoms with Crippen molar-refractivity contribution >= 4 is 50.7 Å². The molecule has 0 heterocycles. The second-order valence-electron chi connectivity index (χ2n) is 11.3. The van der Waals surface area contributed by atoms with Crippen LogP contribution in [0.1, 0.15) is 45.2 Å². The minimum Gasteiger partial charge on any atom is -0.493 e. The van der Waals surface area contributed by atoms with Crippen molar-refractivity contribution < 1.29 is 27.5 Å². The SMILES string of the molecule is CCC(C(=O)NC(C)(C)C)N(Cc1ccc(Cl)c(Cl)c1)C(=O)CN(c1ccc(C)cc1)S(=O)(=O)c1ccc(OC)c(OC)c1. The number of carbonyl (C=O) groups excluding carboxylic acids is 2. The van der Waals surface area contributed by atoms with Gasteiger partial charge >= 0.3 is 0 Å². The van der Waals surface area contributed by atoms with E-state index in [1.807, 2.05) is 27.7 Å². The monoisotopic (exact) mass is 663 g/mol. The second kappa shape index (κ2) is 14.5. The molecule has 1 unspecified atom stereocenters. The molecule has 0 bridgehead atoms. The Hall–Kier alpha value is -3.47. The van der Waals surface area contributed by atoms with Crippen LogP contribution in [0.4, 0.5) is 5.69 Å². The summed E-state index contributed by atoms with van der Waals surface area (Å²) < 4.78 is 40.0. The van der Waals surface area contributed by atoms with Crippen molar-refractivity contribution in [1.82, 2.24) is 10.2 Å². The Morgan fingerprint density at radius 3 is 2.09 bits per heavy atom. The molecule has 3 aromatic carbocycles. The molecule has 12 heteroatoms. The first-order valence-corrected chi connectivity index (χ1v) is 16.2. The van der Waals surface area contributed by atoms with Crippen molar-refractivity contribution in [2.24, 2.45) is 0 Å². The molecule has 9 nitrogen and oxygen atoms in total. The van der Waals surface area contributed by atoms with Crippen LogP contribution in [0.25, 0.3) is 0 Å². The highest BCUT2D eigenvalue weighted by molar-refractivity contribution is 7.92. The smallest absolute Gasteiger partial charge is 0.264 e. The number of benzene rings is 3. The predicted molar refractivity (Wildman–Crippen MR) is 174 cm³/mol. The topological polar surface area (TPSA) is 105 Å². The summed E-state index contributed by atoms with van der Waals surface area (Å²) in [6.45, 7) is 8.61. The summed E-state index contributed by atoms with van der Waals surface area (Å²) >= 11 is 12.4. The van der Waals surface area contributed by atoms with E-state index >= 15 is 0 Å². The second-order valence-corrected chi connectivity index (χ2v) is 14.0. The van der Waals surface area contributed by atoms with E-state index < -0.39 is 34.1 Å². The molecule has 1 N–H and O–H groups in total. The van der Waals surface area contributed by atoms with Gasteiger partial charge in [0.1, 0.15) is 12.6 Å². The summed E-state index contributed by atoms with van der Waals surface area (Å²) in [5.74, 6) is -0.377. The number of hydrogen-bond donors (Lipinski definition) is 1. The average molecular weight is 665 g/mol. The van der Waals surface area contributed by atoms with Crippen LogP contribution in [-0.4, -0.2) is 57.5 Å². The first kappa shape index (κ1) is 35.0. The fraction of sp³-hybridized carbons (Fsp3) is 0.375. The summed E-state index contributed by atoms with van der Waals surface area (Å²) in [4.78, 5) is 29.0. The third-order valence-electron chi connectivity index (χ3n) is 6.76. The number of aryl methyl sites for hydroxylation is 1. The molecule has 0 radical (unpaired) electrons. The molecule has 238 valence electrons. The maximum atomic E-state index is 14.3. The number of sulfonamides is 1. The molecule has 44 heavy (non-hydrogen) atoms. The van der Waals surface area contributed by atoms with Crippen LogP contribution < -0.4 is 19.1 Å². The molecular formula is C32H39Cl2N3O6S. The lowest BCUT2D eigenvalue weighted by Gasteiger charge is -2.35. The first-order valence-electron chi connectivity index (χ1n) is 14.0. The molecule has 0 spiro atoms. The van der Waals surface area contributed by atoms with Crippen molar-refractivity contribution in [2.75, 3.05) is 25.1 Å². The Labute approximate surface area is 270 Å². The highest BCUT2D eigenvalue weighted by atomic mass is 35.5. The number of methoxy groups -OCH3 is 2. The maximum absolute atomic E-state index is 14.3. The summed E-state index contributed by atoms with van der Waals surface area (Å²) in [7, 11) is -1.45. The third-order valence-corrected chi connectivity index (χ3v) is 9.27. The number of nitrogens with one attached hydrogen (secondary N) is 1. The maximum Gasteiger partial charge on any atom is 0.264 e. The number of anilines is 1. The zero-order chi connectivity index (χ0) is 32.8. The van der Waals surface area contributed by atoms with Gasteiger partial charge in [0, 0.05) is 18.2 Å². The van der Waals surface area contributed by atoms with Gasteiger partial charge in [-0.2, -0.15) is 0 Å². The van der Waals surface area contributed by atoms with Gasteiger partial charge in [0.25, 0.3) is 10.0 Å². The highest BCUT2D eigenvalue weighted by Crippen LogP contribution is 2.33. The lowest BCUT2D eigenvalue weighted by atomic mass is 10.1. The molecule has 3 aromatic rings. The van der Waals surface area contributed by atoms with Crippen LogP contribution in [0, 0.1) is 6.92 Å². The van der Waals surface area contributed by atoms with E-state index in [9.17, 15) is 18.0 Å². The van der Waals surface area contributed by atoms with Gasteiger partial charge in [0.05, 0.1) is 34.8 Å². The van der Waals surface area contributed by atoms with E-state index in [0.717, 1.165) is 9.87 Å². The van der Waals surface area contributed by atoms with Gasteiger partial charge in [0.15, 0.2) is 11.5 Å². The van der Waals surface area contributed by atoms with Crippen LogP contribution in [0.3, 0.4) is 0 Å². The Morgan fingerprint density at radius 2 is 1.55 bits per heavy atom. The number of hydrogen-bond acceptors (Lipinski definition) is 6. The Bertz CT molecular complexity index is 1590. The lowest BCUT2D eigenvalue weighted by molar-refractivity contribution is -0.141. The average Bonchev–Trinajstić information content (AvgIpc) is 2.96. The molecule has 0 saturated carbocycles. The quantitative estimate of drug-likeness (QED) is 0.246. The molecule has 0 aliphatic heterocycles. The van der Waals surface area contributed by atoms with E-state index in [1.54, 1.807) is 49.4 Å². The molecule has 2 amide bonds. The highest BCUT2D eigenvalue weighted by Gasteiger charge is 2.35. The molecule has 0 aliphatic carbocycles. The van der Waals surface area contributed by atoms with E-state index in [-0.39, 0.29) is 35.2 Å². The van der Waals surface area contributed by atoms with E-state index in [1.165, 1.54) is 37.3 Å². The van der Waals surface area contributed by atoms with Crippen molar-refractivity contribution in [3.8, 4) is 11.5 Å². The Kier molecular flexibility index (Phi) is 11.6. The molecule has 3 rings (SSSR count). The lowest BCUT2D eigenvalue weighted by Crippen LogP contribution is -2.55. The Balaban J connectivity index is 2.12. The number of halogens is 2. The van der Waals surface area contributed by atoms with Gasteiger partial charge in [-0.15, -0.1) is 0 Å². The number of rotatable bonds is 12. The first-order chi connectivity index (χ1) is 20.6. The van der Waals surface area contributed by atoms with Crippen molar-refractivity contribution in [3.63, 3.8) is 0 Å². The summed E-state index contributed by atoms with van der Waals surface area (Å²) in [5.41, 5.74) is 1.25. The number of amides is 2. The minimum atomic E-state index is -4.31. The van der Waals surface area contributed by atoms with E-state index in [0.29, 0.717) is 21.4 Å². The largest absolute Gasteiger partial charge is 0.493 e. The van der Waals surface area contributed by atoms with Crippen LogP contribution in [0.2, 0.25) is 10.0 Å². The molecule has 1 atom stereocenters. The molecule has 0 aliphatic rings. The van der Waals surface area contributed by atoms with Crippen LogP contribution in [-0.2, 0) is 26.2 Å². The minimum absolute atomic E-state index is 0.00998. The van der Waals surface area contributed by atoms with Gasteiger partial charge in [-0.05, 0) is 76.1 Å². The fourth-order valence-corrected chi connectivity index (χ4v) is 6.30. The number of carbonyl (C=O) groups is 2. The number of ether oxygens (including phenoxy) is 2. The third kappa shape index (κ3) is 8.58. The molecular weight excluding hydrogens is 625 g/mol. The predicted octanol–water partition coefficient (Wildman–Crippen LogP) is 6.24. The van der Waals surface area contributed by atoms with Crippen molar-refractivity contribution in [3.05, 3.63) is 81.8 Å². The van der Waals surface area contributed by atoms with E-state index in [2.05, 4.69) is 5.32 Å².